The van der Waals surface area contributed by atoms with Crippen molar-refractivity contribution < 1.29 is 17.0 Å². The van der Waals surface area contributed by atoms with Crippen molar-refractivity contribution >= 4 is 10.1 Å². The van der Waals surface area contributed by atoms with Crippen molar-refractivity contribution in [2.24, 2.45) is 0 Å². The molecular weight excluding hydrogens is 171 g/mol. The summed E-state index contributed by atoms with van der Waals surface area (Å²) in [5.41, 5.74) is 0. The van der Waals surface area contributed by atoms with E-state index in [0.717, 1.165) is 12.2 Å². The molecule has 0 fully saturated rings. The van der Waals surface area contributed by atoms with Crippen molar-refractivity contribution in [2.45, 2.75) is 6.36 Å². The van der Waals surface area contributed by atoms with Gasteiger partial charge in [-0.05, 0) is 6.08 Å². The van der Waals surface area contributed by atoms with E-state index >= 15 is 0 Å². The molecule has 0 N–H and O–H groups in total. The Kier molecular flexibility index (Phi) is 3.99. The highest BCUT2D eigenvalue weighted by Crippen LogP contribution is 2.02. The zero-order chi connectivity index (χ0) is 8.91. The summed E-state index contributed by atoms with van der Waals surface area (Å²) in [4.78, 5) is 0. The molecule has 0 aromatic carbocycles. The molecule has 0 heterocycles. The summed E-state index contributed by atoms with van der Waals surface area (Å²) < 4.78 is 37.4. The van der Waals surface area contributed by atoms with Gasteiger partial charge < -0.3 is 0 Å². The van der Waals surface area contributed by atoms with Crippen LogP contribution in [0.3, 0.4) is 0 Å². The maximum atomic E-state index is 12.2. The monoisotopic (exact) mass is 180 g/mol. The third-order valence-electron chi connectivity index (χ3n) is 0.746. The molecule has 0 amide bonds. The van der Waals surface area contributed by atoms with Gasteiger partial charge in [0.05, 0.1) is 5.75 Å². The lowest BCUT2D eigenvalue weighted by Gasteiger charge is -2.02. The van der Waals surface area contributed by atoms with Gasteiger partial charge in [-0.15, -0.1) is 6.58 Å². The van der Waals surface area contributed by atoms with Crippen LogP contribution < -0.4 is 0 Å². The molecule has 11 heavy (non-hydrogen) atoms. The summed E-state index contributed by atoms with van der Waals surface area (Å²) >= 11 is 0. The molecule has 0 aromatic rings. The first-order chi connectivity index (χ1) is 5.02. The average Bonchev–Trinajstić information content (AvgIpc) is 1.86. The molecule has 0 aliphatic rings. The standard InChI is InChI=1S/C6H9FO3S/c1-3-5-11(8,9)10-6(7)4-2/h3-4,6H,1-2,5H2. The molecular formula is C6H9FO3S. The Morgan fingerprint density at radius 3 is 2.45 bits per heavy atom. The second-order valence-corrected chi connectivity index (χ2v) is 3.34. The van der Waals surface area contributed by atoms with Crippen molar-refractivity contribution in [3.63, 3.8) is 0 Å². The molecule has 0 aliphatic carbocycles. The quantitative estimate of drug-likeness (QED) is 0.468. The highest BCUT2D eigenvalue weighted by Gasteiger charge is 2.13. The number of alkyl halides is 1. The van der Waals surface area contributed by atoms with Crippen LogP contribution in [0.15, 0.2) is 25.3 Å². The minimum Gasteiger partial charge on any atom is -0.229 e. The lowest BCUT2D eigenvalue weighted by molar-refractivity contribution is 0.122. The van der Waals surface area contributed by atoms with Gasteiger partial charge in [-0.25, -0.2) is 8.57 Å². The molecule has 0 saturated heterocycles. The first kappa shape index (κ1) is 10.3. The highest BCUT2D eigenvalue weighted by molar-refractivity contribution is 7.86. The predicted molar refractivity (Wildman–Crippen MR) is 40.2 cm³/mol. The molecule has 1 unspecified atom stereocenters. The predicted octanol–water partition coefficient (Wildman–Crippen LogP) is 1.00. The van der Waals surface area contributed by atoms with E-state index in [2.05, 4.69) is 17.3 Å². The normalized spacial score (nSPS) is 13.9. The van der Waals surface area contributed by atoms with E-state index < -0.39 is 22.2 Å². The first-order valence-corrected chi connectivity index (χ1v) is 4.38. The van der Waals surface area contributed by atoms with Gasteiger partial charge in [0.15, 0.2) is 0 Å². The number of hydrogen-bond acceptors (Lipinski definition) is 3. The number of rotatable bonds is 5. The Labute approximate surface area is 65.3 Å². The summed E-state index contributed by atoms with van der Waals surface area (Å²) in [5, 5.41) is 0. The maximum Gasteiger partial charge on any atom is 0.273 e. The van der Waals surface area contributed by atoms with E-state index in [-0.39, 0.29) is 0 Å². The molecule has 5 heteroatoms. The van der Waals surface area contributed by atoms with Gasteiger partial charge in [-0.3, -0.25) is 0 Å². The zero-order valence-corrected chi connectivity index (χ0v) is 6.68. The van der Waals surface area contributed by atoms with E-state index in [4.69, 9.17) is 0 Å². The topological polar surface area (TPSA) is 43.4 Å². The molecule has 0 bridgehead atoms. The molecule has 0 aliphatic heterocycles. The number of halogens is 1. The van der Waals surface area contributed by atoms with Crippen LogP contribution in [-0.2, 0) is 14.3 Å². The lowest BCUT2D eigenvalue weighted by atomic mass is 10.7. The Morgan fingerprint density at radius 1 is 1.55 bits per heavy atom. The fourth-order valence-corrected chi connectivity index (χ4v) is 1.09. The largest absolute Gasteiger partial charge is 0.273 e. The molecule has 0 rings (SSSR count). The van der Waals surface area contributed by atoms with Crippen LogP contribution in [0.25, 0.3) is 0 Å². The first-order valence-electron chi connectivity index (χ1n) is 2.80. The summed E-state index contributed by atoms with van der Waals surface area (Å²) in [6.45, 7) is 6.19. The van der Waals surface area contributed by atoms with Crippen LogP contribution in [0.4, 0.5) is 4.39 Å². The van der Waals surface area contributed by atoms with Gasteiger partial charge in [-0.1, -0.05) is 12.7 Å². The zero-order valence-electron chi connectivity index (χ0n) is 5.86. The molecule has 0 spiro atoms. The smallest absolute Gasteiger partial charge is 0.229 e. The fraction of sp³-hybridized carbons (Fsp3) is 0.333. The van der Waals surface area contributed by atoms with Crippen molar-refractivity contribution in [3.05, 3.63) is 25.3 Å². The highest BCUT2D eigenvalue weighted by atomic mass is 32.2. The van der Waals surface area contributed by atoms with E-state index in [1.165, 1.54) is 0 Å². The molecule has 0 radical (unpaired) electrons. The lowest BCUT2D eigenvalue weighted by Crippen LogP contribution is -2.14. The summed E-state index contributed by atoms with van der Waals surface area (Å²) in [5.74, 6) is -0.402. The van der Waals surface area contributed by atoms with Gasteiger partial charge in [0.25, 0.3) is 10.1 Å². The van der Waals surface area contributed by atoms with Crippen LogP contribution in [-0.4, -0.2) is 20.5 Å². The van der Waals surface area contributed by atoms with Gasteiger partial charge in [0.2, 0.25) is 6.36 Å². The Hall–Kier alpha value is -0.680. The summed E-state index contributed by atoms with van der Waals surface area (Å²) in [6.07, 6.45) is -0.105. The molecule has 1 atom stereocenters. The minimum absolute atomic E-state index is 0.402. The Balaban J connectivity index is 4.12. The fourth-order valence-electron chi connectivity index (χ4n) is 0.363. The number of hydrogen-bond donors (Lipinski definition) is 0. The summed E-state index contributed by atoms with van der Waals surface area (Å²) in [6, 6.07) is 0. The minimum atomic E-state index is -3.81. The van der Waals surface area contributed by atoms with Crippen LogP contribution in [0.5, 0.6) is 0 Å². The average molecular weight is 180 g/mol. The van der Waals surface area contributed by atoms with E-state index in [1.54, 1.807) is 0 Å². The van der Waals surface area contributed by atoms with Crippen molar-refractivity contribution in [3.8, 4) is 0 Å². The second-order valence-electron chi connectivity index (χ2n) is 1.70. The Bertz CT molecular complexity index is 232. The van der Waals surface area contributed by atoms with Crippen LogP contribution in [0, 0.1) is 0 Å². The van der Waals surface area contributed by atoms with Crippen LogP contribution >= 0.6 is 0 Å². The van der Waals surface area contributed by atoms with Crippen molar-refractivity contribution in [1.29, 1.82) is 0 Å². The van der Waals surface area contributed by atoms with Gasteiger partial charge in [-0.2, -0.15) is 8.42 Å². The van der Waals surface area contributed by atoms with E-state index in [1.807, 2.05) is 0 Å². The van der Waals surface area contributed by atoms with Gasteiger partial charge >= 0.3 is 0 Å². The van der Waals surface area contributed by atoms with E-state index in [0.29, 0.717) is 0 Å². The molecule has 0 saturated carbocycles. The van der Waals surface area contributed by atoms with Crippen LogP contribution in [0.1, 0.15) is 0 Å². The van der Waals surface area contributed by atoms with Gasteiger partial charge in [0, 0.05) is 0 Å². The summed E-state index contributed by atoms with van der Waals surface area (Å²) in [7, 11) is -3.81. The maximum absolute atomic E-state index is 12.2. The third kappa shape index (κ3) is 4.69. The Morgan fingerprint density at radius 2 is 2.09 bits per heavy atom. The molecule has 0 aromatic heterocycles. The van der Waals surface area contributed by atoms with Crippen LogP contribution in [0.2, 0.25) is 0 Å². The molecule has 3 nitrogen and oxygen atoms in total. The van der Waals surface area contributed by atoms with E-state index in [9.17, 15) is 12.8 Å². The SMILES string of the molecule is C=CCS(=O)(=O)OC(F)C=C. The van der Waals surface area contributed by atoms with Crippen molar-refractivity contribution in [2.75, 3.05) is 5.75 Å². The third-order valence-corrected chi connectivity index (χ3v) is 1.87. The second kappa shape index (κ2) is 4.25. The van der Waals surface area contributed by atoms with Crippen molar-refractivity contribution in [1.82, 2.24) is 0 Å². The molecule has 64 valence electrons. The van der Waals surface area contributed by atoms with Gasteiger partial charge in [0.1, 0.15) is 0 Å².